The first kappa shape index (κ1) is 16.4. The number of carbonyl (C=O) groups is 2. The number of amides is 2. The lowest BCUT2D eigenvalue weighted by molar-refractivity contribution is -0.120. The molecule has 1 aliphatic heterocycles. The molecule has 0 unspecified atom stereocenters. The van der Waals surface area contributed by atoms with E-state index in [0.29, 0.717) is 23.8 Å². The van der Waals surface area contributed by atoms with Crippen LogP contribution in [-0.2, 0) is 22.6 Å². The molecule has 0 spiro atoms. The Labute approximate surface area is 144 Å². The van der Waals surface area contributed by atoms with Gasteiger partial charge in [-0.15, -0.1) is 11.3 Å². The van der Waals surface area contributed by atoms with Crippen LogP contribution in [0.5, 0.6) is 5.75 Å². The summed E-state index contributed by atoms with van der Waals surface area (Å²) in [5.74, 6) is 0.812. The second kappa shape index (κ2) is 7.44. The Kier molecular flexibility index (Phi) is 5.10. The number of carbonyl (C=O) groups excluding carboxylic acids is 2. The minimum Gasteiger partial charge on any atom is -0.497 e. The predicted molar refractivity (Wildman–Crippen MR) is 92.2 cm³/mol. The van der Waals surface area contributed by atoms with Crippen molar-refractivity contribution in [2.75, 3.05) is 18.6 Å². The molecule has 3 rings (SSSR count). The van der Waals surface area contributed by atoms with Crippen LogP contribution in [0.4, 0.5) is 5.13 Å². The van der Waals surface area contributed by atoms with Gasteiger partial charge in [-0.25, -0.2) is 4.98 Å². The Morgan fingerprint density at radius 2 is 2.17 bits per heavy atom. The number of nitrogens with one attached hydrogen (secondary N) is 1. The number of ether oxygens (including phenoxy) is 1. The first-order valence-corrected chi connectivity index (χ1v) is 8.68. The van der Waals surface area contributed by atoms with Crippen molar-refractivity contribution in [3.8, 4) is 5.75 Å². The second-order valence-electron chi connectivity index (χ2n) is 5.57. The van der Waals surface area contributed by atoms with Gasteiger partial charge >= 0.3 is 0 Å². The van der Waals surface area contributed by atoms with E-state index in [2.05, 4.69) is 10.3 Å². The molecule has 0 bridgehead atoms. The molecule has 2 aromatic rings. The van der Waals surface area contributed by atoms with Gasteiger partial charge in [0.1, 0.15) is 5.75 Å². The molecular formula is C17H19N3O3S. The van der Waals surface area contributed by atoms with Gasteiger partial charge < -0.3 is 10.1 Å². The van der Waals surface area contributed by atoms with E-state index in [9.17, 15) is 9.59 Å². The molecule has 6 nitrogen and oxygen atoms in total. The van der Waals surface area contributed by atoms with Gasteiger partial charge in [0.05, 0.1) is 19.2 Å². The molecule has 2 amide bonds. The van der Waals surface area contributed by atoms with Crippen molar-refractivity contribution in [2.24, 2.45) is 0 Å². The fraction of sp³-hybridized carbons (Fsp3) is 0.353. The highest BCUT2D eigenvalue weighted by Gasteiger charge is 2.24. The van der Waals surface area contributed by atoms with Gasteiger partial charge in [0.2, 0.25) is 11.8 Å². The minimum absolute atomic E-state index is 0.0876. The summed E-state index contributed by atoms with van der Waals surface area (Å²) in [6.07, 6.45) is 1.67. The molecule has 7 heteroatoms. The Morgan fingerprint density at radius 1 is 1.38 bits per heavy atom. The topological polar surface area (TPSA) is 71.5 Å². The maximum atomic E-state index is 12.1. The molecule has 126 valence electrons. The molecule has 0 saturated carbocycles. The number of anilines is 1. The Hall–Kier alpha value is -2.41. The molecule has 0 radical (unpaired) electrons. The van der Waals surface area contributed by atoms with Crippen molar-refractivity contribution < 1.29 is 14.3 Å². The average molecular weight is 345 g/mol. The monoisotopic (exact) mass is 345 g/mol. The van der Waals surface area contributed by atoms with Crippen LogP contribution in [0, 0.1) is 0 Å². The summed E-state index contributed by atoms with van der Waals surface area (Å²) in [5.41, 5.74) is 1.70. The van der Waals surface area contributed by atoms with Crippen LogP contribution in [0.2, 0.25) is 0 Å². The molecule has 0 aliphatic carbocycles. The van der Waals surface area contributed by atoms with E-state index in [1.807, 2.05) is 29.6 Å². The van der Waals surface area contributed by atoms with Crippen LogP contribution in [-0.4, -0.2) is 30.5 Å². The van der Waals surface area contributed by atoms with Crippen LogP contribution in [0.3, 0.4) is 0 Å². The number of nitrogens with zero attached hydrogens (tertiary/aromatic N) is 2. The molecule has 1 aromatic heterocycles. The number of methoxy groups -OCH3 is 1. The van der Waals surface area contributed by atoms with E-state index in [-0.39, 0.29) is 18.2 Å². The van der Waals surface area contributed by atoms with Crippen molar-refractivity contribution in [3.05, 3.63) is 40.9 Å². The number of aromatic nitrogens is 1. The zero-order chi connectivity index (χ0) is 16.9. The Balaban J connectivity index is 1.51. The molecule has 24 heavy (non-hydrogen) atoms. The maximum absolute atomic E-state index is 12.1. The molecule has 1 N–H and O–H groups in total. The summed E-state index contributed by atoms with van der Waals surface area (Å²) in [7, 11) is 1.62. The summed E-state index contributed by atoms with van der Waals surface area (Å²) in [6.45, 7) is 1.18. The molecule has 2 heterocycles. The van der Waals surface area contributed by atoms with Gasteiger partial charge in [-0.3, -0.25) is 14.5 Å². The molecule has 1 aromatic carbocycles. The van der Waals surface area contributed by atoms with Crippen molar-refractivity contribution >= 4 is 28.3 Å². The van der Waals surface area contributed by atoms with Gasteiger partial charge in [-0.2, -0.15) is 0 Å². The van der Waals surface area contributed by atoms with Gasteiger partial charge in [-0.05, 0) is 24.1 Å². The fourth-order valence-corrected chi connectivity index (χ4v) is 3.39. The average Bonchev–Trinajstić information content (AvgIpc) is 3.22. The zero-order valence-electron chi connectivity index (χ0n) is 13.4. The molecule has 1 saturated heterocycles. The third-order valence-electron chi connectivity index (χ3n) is 3.83. The molecular weight excluding hydrogens is 326 g/mol. The first-order valence-electron chi connectivity index (χ1n) is 7.80. The van der Waals surface area contributed by atoms with Crippen molar-refractivity contribution in [1.29, 1.82) is 0 Å². The number of benzene rings is 1. The Bertz CT molecular complexity index is 727. The number of hydrogen-bond donors (Lipinski definition) is 1. The van der Waals surface area contributed by atoms with E-state index >= 15 is 0 Å². The molecule has 1 aliphatic rings. The van der Waals surface area contributed by atoms with Gasteiger partial charge in [-0.1, -0.05) is 12.1 Å². The first-order chi connectivity index (χ1) is 11.7. The summed E-state index contributed by atoms with van der Waals surface area (Å²) in [5, 5.41) is 5.41. The number of rotatable bonds is 6. The lowest BCUT2D eigenvalue weighted by atomic mass is 10.2. The van der Waals surface area contributed by atoms with Crippen LogP contribution < -0.4 is 15.0 Å². The van der Waals surface area contributed by atoms with E-state index in [1.165, 1.54) is 11.3 Å². The minimum atomic E-state index is -0.0876. The van der Waals surface area contributed by atoms with Crippen LogP contribution >= 0.6 is 11.3 Å². The lowest BCUT2D eigenvalue weighted by Crippen LogP contribution is -2.25. The third kappa shape index (κ3) is 3.91. The van der Waals surface area contributed by atoms with Gasteiger partial charge in [0, 0.05) is 24.9 Å². The van der Waals surface area contributed by atoms with Gasteiger partial charge in [0.25, 0.3) is 0 Å². The van der Waals surface area contributed by atoms with E-state index in [1.54, 1.807) is 12.0 Å². The number of hydrogen-bond acceptors (Lipinski definition) is 5. The van der Waals surface area contributed by atoms with Crippen LogP contribution in [0.1, 0.15) is 24.1 Å². The highest BCUT2D eigenvalue weighted by atomic mass is 32.1. The molecule has 0 atom stereocenters. The largest absolute Gasteiger partial charge is 0.497 e. The maximum Gasteiger partial charge on any atom is 0.228 e. The summed E-state index contributed by atoms with van der Waals surface area (Å²) in [6, 6.07) is 7.56. The van der Waals surface area contributed by atoms with E-state index in [0.717, 1.165) is 24.3 Å². The van der Waals surface area contributed by atoms with Crippen LogP contribution in [0.15, 0.2) is 29.6 Å². The summed E-state index contributed by atoms with van der Waals surface area (Å²) >= 11 is 1.41. The van der Waals surface area contributed by atoms with Crippen molar-refractivity contribution in [3.63, 3.8) is 0 Å². The predicted octanol–water partition coefficient (Wildman–Crippen LogP) is 2.14. The highest BCUT2D eigenvalue weighted by molar-refractivity contribution is 7.14. The van der Waals surface area contributed by atoms with Crippen LogP contribution in [0.25, 0.3) is 0 Å². The normalized spacial score (nSPS) is 14.0. The third-order valence-corrected chi connectivity index (χ3v) is 4.75. The van der Waals surface area contributed by atoms with Crippen molar-refractivity contribution in [2.45, 2.75) is 25.8 Å². The van der Waals surface area contributed by atoms with E-state index in [4.69, 9.17) is 4.74 Å². The van der Waals surface area contributed by atoms with Crippen molar-refractivity contribution in [1.82, 2.24) is 10.3 Å². The SMILES string of the molecule is COc1ccc(CNC(=O)Cc2csc(N3CCCC3=O)n2)cc1. The zero-order valence-corrected chi connectivity index (χ0v) is 14.3. The quantitative estimate of drug-likeness (QED) is 0.871. The molecule has 1 fully saturated rings. The summed E-state index contributed by atoms with van der Waals surface area (Å²) < 4.78 is 5.10. The Morgan fingerprint density at radius 3 is 2.83 bits per heavy atom. The lowest BCUT2D eigenvalue weighted by Gasteiger charge is -2.10. The fourth-order valence-electron chi connectivity index (χ4n) is 2.52. The smallest absolute Gasteiger partial charge is 0.228 e. The van der Waals surface area contributed by atoms with Gasteiger partial charge in [0.15, 0.2) is 5.13 Å². The van der Waals surface area contributed by atoms with E-state index < -0.39 is 0 Å². The second-order valence-corrected chi connectivity index (χ2v) is 6.41. The number of thiazole rings is 1. The highest BCUT2D eigenvalue weighted by Crippen LogP contribution is 2.25. The standard InChI is InChI=1S/C17H19N3O3S/c1-23-14-6-4-12(5-7-14)10-18-15(21)9-13-11-24-17(19-13)20-8-2-3-16(20)22/h4-7,11H,2-3,8-10H2,1H3,(H,18,21). The summed E-state index contributed by atoms with van der Waals surface area (Å²) in [4.78, 5) is 29.9.